The zero-order valence-corrected chi connectivity index (χ0v) is 37.0. The summed E-state index contributed by atoms with van der Waals surface area (Å²) in [5.74, 6) is 0. The number of rotatable bonds is 7. The van der Waals surface area contributed by atoms with Crippen LogP contribution in [0, 0.1) is 24.5 Å². The first-order valence-corrected chi connectivity index (χ1v) is 23.1. The van der Waals surface area contributed by atoms with Gasteiger partial charge >= 0.3 is 0 Å². The monoisotopic (exact) mass is 929 g/mol. The van der Waals surface area contributed by atoms with Crippen LogP contribution in [0.1, 0.15) is 43.0 Å². The fraction of sp³-hybridized carbons (Fsp3) is 0.200. The van der Waals surface area contributed by atoms with Gasteiger partial charge in [-0.3, -0.25) is 0 Å². The molecule has 0 amide bonds. The summed E-state index contributed by atoms with van der Waals surface area (Å²) in [6.45, 7) is 16.2. The van der Waals surface area contributed by atoms with E-state index in [9.17, 15) is 0 Å². The average molecular weight is 929 g/mol. The van der Waals surface area contributed by atoms with Crippen molar-refractivity contribution in [2.45, 2.75) is 60.2 Å². The number of nitrogens with zero attached hydrogens (tertiary/aromatic N) is 2. The molecule has 3 heterocycles. The minimum absolute atomic E-state index is 0. The van der Waals surface area contributed by atoms with E-state index in [1.54, 1.807) is 0 Å². The molecule has 3 aromatic heterocycles. The van der Waals surface area contributed by atoms with Gasteiger partial charge in [0.2, 0.25) is 0 Å². The van der Waals surface area contributed by atoms with Crippen molar-refractivity contribution in [1.29, 1.82) is 0 Å². The van der Waals surface area contributed by atoms with Gasteiger partial charge in [-0.05, 0) is 74.1 Å². The van der Waals surface area contributed by atoms with Crippen LogP contribution in [-0.4, -0.2) is 18.0 Å². The van der Waals surface area contributed by atoms with Crippen LogP contribution in [0.25, 0.3) is 53.8 Å². The Labute approximate surface area is 346 Å². The quantitative estimate of drug-likeness (QED) is 0.118. The third-order valence-electron chi connectivity index (χ3n) is 9.76. The summed E-state index contributed by atoms with van der Waals surface area (Å²) in [7, 11) is -1.43. The molecule has 5 heteroatoms. The van der Waals surface area contributed by atoms with E-state index in [0.29, 0.717) is 0 Å². The van der Waals surface area contributed by atoms with Gasteiger partial charge in [0.05, 0.1) is 8.07 Å². The van der Waals surface area contributed by atoms with Crippen LogP contribution in [0.15, 0.2) is 140 Å². The maximum atomic E-state index is 4.82. The Morgan fingerprint density at radius 3 is 2.02 bits per heavy atom. The zero-order chi connectivity index (χ0) is 37.9. The molecular formula is C50H48IrN2SSi-2. The van der Waals surface area contributed by atoms with Crippen LogP contribution in [0.3, 0.4) is 0 Å². The van der Waals surface area contributed by atoms with E-state index < -0.39 is 8.07 Å². The summed E-state index contributed by atoms with van der Waals surface area (Å²) < 4.78 is 2.59. The van der Waals surface area contributed by atoms with Gasteiger partial charge in [-0.1, -0.05) is 148 Å². The van der Waals surface area contributed by atoms with Crippen LogP contribution in [0.4, 0.5) is 0 Å². The average Bonchev–Trinajstić information content (AvgIpc) is 3.55. The molecule has 8 rings (SSSR count). The second-order valence-corrected chi connectivity index (χ2v) is 22.5. The molecule has 0 aliphatic heterocycles. The van der Waals surface area contributed by atoms with Crippen molar-refractivity contribution in [3.05, 3.63) is 174 Å². The summed E-state index contributed by atoms with van der Waals surface area (Å²) >= 11 is 1.86. The number of benzene rings is 5. The molecule has 0 saturated carbocycles. The zero-order valence-electron chi connectivity index (χ0n) is 32.8. The van der Waals surface area contributed by atoms with Gasteiger partial charge in [-0.15, -0.1) is 59.7 Å². The van der Waals surface area contributed by atoms with Crippen molar-refractivity contribution >= 4 is 44.8 Å². The molecule has 55 heavy (non-hydrogen) atoms. The van der Waals surface area contributed by atoms with Gasteiger partial charge in [-0.2, -0.15) is 11.3 Å². The maximum Gasteiger partial charge on any atom is 0.0799 e. The molecule has 0 saturated heterocycles. The standard InChI is InChI=1S/C29H26NS.C21H22NSi.Ir/c1-19-18-30-26(16-21(19)17-29(2,3)4)25-15-9-14-24-23-13-8-12-22(27(23)31-28(24)25)20-10-6-5-7-11-20;1-23(2,3)21-16-22-20(18-12-8-5-9-13-18)15-19(21)14-17-10-6-4-7-11-17;/h5-14,16,18H,17H2,1-4H3;4-12,15-16H,14H2,1-3H3;/q2*-1;. The Morgan fingerprint density at radius 2 is 1.33 bits per heavy atom. The van der Waals surface area contributed by atoms with Crippen LogP contribution in [0.5, 0.6) is 0 Å². The molecule has 5 aromatic carbocycles. The van der Waals surface area contributed by atoms with E-state index in [2.05, 4.69) is 169 Å². The number of fused-ring (bicyclic) bond motifs is 3. The number of thiophene rings is 1. The summed E-state index contributed by atoms with van der Waals surface area (Å²) in [6.07, 6.45) is 6.12. The molecule has 8 aromatic rings. The minimum Gasteiger partial charge on any atom is -0.305 e. The molecule has 0 fully saturated rings. The normalized spacial score (nSPS) is 11.5. The molecule has 0 bridgehead atoms. The maximum absolute atomic E-state index is 4.82. The number of aryl methyl sites for hydroxylation is 1. The van der Waals surface area contributed by atoms with Gasteiger partial charge in [0.25, 0.3) is 0 Å². The van der Waals surface area contributed by atoms with Gasteiger partial charge in [-0.25, -0.2) is 0 Å². The van der Waals surface area contributed by atoms with Crippen molar-refractivity contribution < 1.29 is 20.1 Å². The number of pyridine rings is 2. The topological polar surface area (TPSA) is 25.8 Å². The first kappa shape index (κ1) is 40.2. The third-order valence-corrected chi connectivity index (χ3v) is 13.1. The molecule has 0 spiro atoms. The number of hydrogen-bond acceptors (Lipinski definition) is 3. The summed E-state index contributed by atoms with van der Waals surface area (Å²) in [4.78, 5) is 9.54. The fourth-order valence-electron chi connectivity index (χ4n) is 7.10. The van der Waals surface area contributed by atoms with Crippen molar-refractivity contribution in [2.75, 3.05) is 0 Å². The van der Waals surface area contributed by atoms with E-state index in [0.717, 1.165) is 35.4 Å². The van der Waals surface area contributed by atoms with Crippen LogP contribution in [-0.2, 0) is 32.9 Å². The SMILES string of the molecule is C[Si](C)(C)c1cnc(-c2[c-]cccc2)cc1Cc1ccccc1.Cc1cnc(-c2[c-]ccc3c2sc2c(-c4ccccc4)cccc23)cc1CC(C)(C)C.[Ir]. The Hall–Kier alpha value is -4.51. The first-order chi connectivity index (χ1) is 25.9. The summed E-state index contributed by atoms with van der Waals surface area (Å²) in [5, 5.41) is 4.03. The van der Waals surface area contributed by atoms with Gasteiger partial charge in [0.15, 0.2) is 0 Å². The summed E-state index contributed by atoms with van der Waals surface area (Å²) in [6, 6.07) is 51.6. The number of hydrogen-bond donors (Lipinski definition) is 0. The van der Waals surface area contributed by atoms with E-state index in [1.165, 1.54) is 58.7 Å². The molecular weight excluding hydrogens is 881 g/mol. The van der Waals surface area contributed by atoms with Crippen molar-refractivity contribution in [3.63, 3.8) is 0 Å². The molecule has 1 radical (unpaired) electrons. The predicted molar refractivity (Wildman–Crippen MR) is 235 cm³/mol. The summed E-state index contributed by atoms with van der Waals surface area (Å²) in [5.41, 5.74) is 12.4. The van der Waals surface area contributed by atoms with E-state index >= 15 is 0 Å². The molecule has 0 N–H and O–H groups in total. The number of aromatic nitrogens is 2. The fourth-order valence-corrected chi connectivity index (χ4v) is 10.0. The van der Waals surface area contributed by atoms with Crippen LogP contribution < -0.4 is 5.19 Å². The third kappa shape index (κ3) is 9.48. The second-order valence-electron chi connectivity index (χ2n) is 16.4. The molecule has 0 aliphatic rings. The Morgan fingerprint density at radius 1 is 0.655 bits per heavy atom. The smallest absolute Gasteiger partial charge is 0.0799 e. The molecule has 2 nitrogen and oxygen atoms in total. The van der Waals surface area contributed by atoms with Gasteiger partial charge in [0, 0.05) is 37.2 Å². The second kappa shape index (κ2) is 17.1. The van der Waals surface area contributed by atoms with E-state index in [4.69, 9.17) is 9.97 Å². The van der Waals surface area contributed by atoms with E-state index in [-0.39, 0.29) is 25.5 Å². The predicted octanol–water partition coefficient (Wildman–Crippen LogP) is 13.2. The van der Waals surface area contributed by atoms with Crippen molar-refractivity contribution in [1.82, 2.24) is 9.97 Å². The Kier molecular flexibility index (Phi) is 12.5. The first-order valence-electron chi connectivity index (χ1n) is 18.8. The Bertz CT molecular complexity index is 2510. The largest absolute Gasteiger partial charge is 0.305 e. The molecule has 0 atom stereocenters. The molecule has 0 unspecified atom stereocenters. The minimum atomic E-state index is -1.43. The van der Waals surface area contributed by atoms with Crippen LogP contribution >= 0.6 is 11.3 Å². The van der Waals surface area contributed by atoms with Crippen molar-refractivity contribution in [3.8, 4) is 33.6 Å². The van der Waals surface area contributed by atoms with Crippen molar-refractivity contribution in [2.24, 2.45) is 5.41 Å². The Balaban J connectivity index is 0.000000192. The van der Waals surface area contributed by atoms with Gasteiger partial charge < -0.3 is 9.97 Å². The van der Waals surface area contributed by atoms with Gasteiger partial charge in [0.1, 0.15) is 0 Å². The molecule has 279 valence electrons. The molecule has 0 aliphatic carbocycles. The van der Waals surface area contributed by atoms with Crippen LogP contribution in [0.2, 0.25) is 19.6 Å². The van der Waals surface area contributed by atoms with E-state index in [1.807, 2.05) is 41.8 Å².